The van der Waals surface area contributed by atoms with Crippen molar-refractivity contribution in [3.8, 4) is 0 Å². The first kappa shape index (κ1) is 15.8. The molecule has 7 nitrogen and oxygen atoms in total. The summed E-state index contributed by atoms with van der Waals surface area (Å²) in [6.07, 6.45) is 3.19. The maximum Gasteiger partial charge on any atom is 0.163 e. The molecule has 0 radical (unpaired) electrons. The van der Waals surface area contributed by atoms with E-state index in [0.29, 0.717) is 18.1 Å². The molecule has 4 aromatic rings. The summed E-state index contributed by atoms with van der Waals surface area (Å²) < 4.78 is 1.82. The molecule has 128 valence electrons. The highest BCUT2D eigenvalue weighted by atomic mass is 16.4. The third kappa shape index (κ3) is 3.10. The SMILES string of the molecule is O=C([O-])c1ccc(Nc2ncnc3c2cnn3Cc2ccccc2)cc1. The van der Waals surface area contributed by atoms with Gasteiger partial charge in [0.25, 0.3) is 0 Å². The van der Waals surface area contributed by atoms with Crippen LogP contribution in [0.2, 0.25) is 0 Å². The van der Waals surface area contributed by atoms with Crippen LogP contribution in [0.1, 0.15) is 15.9 Å². The Bertz CT molecular complexity index is 1060. The fraction of sp³-hybridized carbons (Fsp3) is 0.0526. The van der Waals surface area contributed by atoms with Gasteiger partial charge in [-0.25, -0.2) is 14.6 Å². The fourth-order valence-electron chi connectivity index (χ4n) is 2.69. The minimum absolute atomic E-state index is 0.124. The van der Waals surface area contributed by atoms with Crippen molar-refractivity contribution in [2.45, 2.75) is 6.54 Å². The summed E-state index contributed by atoms with van der Waals surface area (Å²) in [7, 11) is 0. The smallest absolute Gasteiger partial charge is 0.163 e. The summed E-state index contributed by atoms with van der Waals surface area (Å²) in [6.45, 7) is 0.612. The highest BCUT2D eigenvalue weighted by Gasteiger charge is 2.10. The molecule has 0 unspecified atom stereocenters. The van der Waals surface area contributed by atoms with E-state index < -0.39 is 5.97 Å². The van der Waals surface area contributed by atoms with E-state index >= 15 is 0 Å². The quantitative estimate of drug-likeness (QED) is 0.595. The number of anilines is 2. The van der Waals surface area contributed by atoms with E-state index in [2.05, 4.69) is 20.4 Å². The van der Waals surface area contributed by atoms with Gasteiger partial charge < -0.3 is 15.2 Å². The van der Waals surface area contributed by atoms with Crippen molar-refractivity contribution in [2.75, 3.05) is 5.32 Å². The van der Waals surface area contributed by atoms with Gasteiger partial charge in [0, 0.05) is 5.69 Å². The zero-order chi connectivity index (χ0) is 17.9. The average molecular weight is 344 g/mol. The first-order valence-electron chi connectivity index (χ1n) is 7.99. The lowest BCUT2D eigenvalue weighted by molar-refractivity contribution is -0.255. The van der Waals surface area contributed by atoms with E-state index in [1.807, 2.05) is 35.0 Å². The summed E-state index contributed by atoms with van der Waals surface area (Å²) in [5.74, 6) is -0.598. The lowest BCUT2D eigenvalue weighted by atomic mass is 10.2. The number of nitrogens with one attached hydrogen (secondary N) is 1. The Morgan fingerprint density at radius 3 is 2.54 bits per heavy atom. The molecule has 0 saturated carbocycles. The molecule has 0 amide bonds. The average Bonchev–Trinajstić information content (AvgIpc) is 3.07. The maximum absolute atomic E-state index is 10.8. The van der Waals surface area contributed by atoms with Gasteiger partial charge in [0.2, 0.25) is 0 Å². The molecule has 2 heterocycles. The molecule has 0 fully saturated rings. The molecule has 0 aliphatic heterocycles. The number of aromatic carboxylic acids is 1. The lowest BCUT2D eigenvalue weighted by Crippen LogP contribution is -2.21. The van der Waals surface area contributed by atoms with Gasteiger partial charge in [-0.05, 0) is 23.3 Å². The number of rotatable bonds is 5. The van der Waals surface area contributed by atoms with Crippen molar-refractivity contribution in [1.29, 1.82) is 0 Å². The molecule has 0 saturated heterocycles. The number of carboxylic acid groups (broad SMARTS) is 1. The van der Waals surface area contributed by atoms with E-state index in [1.165, 1.54) is 18.5 Å². The molecule has 2 aromatic carbocycles. The molecule has 0 aliphatic rings. The summed E-state index contributed by atoms with van der Waals surface area (Å²) >= 11 is 0. The third-order valence-corrected chi connectivity index (χ3v) is 3.99. The molecule has 7 heteroatoms. The van der Waals surface area contributed by atoms with Crippen LogP contribution in [-0.4, -0.2) is 25.7 Å². The normalized spacial score (nSPS) is 10.8. The summed E-state index contributed by atoms with van der Waals surface area (Å²) in [4.78, 5) is 19.5. The van der Waals surface area contributed by atoms with E-state index in [1.54, 1.807) is 18.3 Å². The lowest BCUT2D eigenvalue weighted by Gasteiger charge is -2.08. The predicted octanol–water partition coefficient (Wildman–Crippen LogP) is 1.98. The number of aromatic nitrogens is 4. The Kier molecular flexibility index (Phi) is 4.03. The number of carboxylic acids is 1. The second-order valence-corrected chi connectivity index (χ2v) is 5.74. The van der Waals surface area contributed by atoms with E-state index in [0.717, 1.165) is 16.6 Å². The Balaban J connectivity index is 1.63. The Hall–Kier alpha value is -3.74. The Labute approximate surface area is 149 Å². The van der Waals surface area contributed by atoms with Crippen LogP contribution in [0.3, 0.4) is 0 Å². The number of benzene rings is 2. The minimum Gasteiger partial charge on any atom is -0.545 e. The van der Waals surface area contributed by atoms with Gasteiger partial charge >= 0.3 is 0 Å². The zero-order valence-corrected chi connectivity index (χ0v) is 13.7. The second kappa shape index (κ2) is 6.64. The predicted molar refractivity (Wildman–Crippen MR) is 94.9 cm³/mol. The largest absolute Gasteiger partial charge is 0.545 e. The highest BCUT2D eigenvalue weighted by Crippen LogP contribution is 2.23. The van der Waals surface area contributed by atoms with Gasteiger partial charge in [0.05, 0.1) is 24.1 Å². The molecular formula is C19H14N5O2-. The van der Waals surface area contributed by atoms with Crippen molar-refractivity contribution in [3.05, 3.63) is 78.2 Å². The van der Waals surface area contributed by atoms with E-state index in [9.17, 15) is 9.90 Å². The Morgan fingerprint density at radius 2 is 1.81 bits per heavy atom. The van der Waals surface area contributed by atoms with E-state index in [4.69, 9.17) is 0 Å². The summed E-state index contributed by atoms with van der Waals surface area (Å²) in [6, 6.07) is 16.3. The highest BCUT2D eigenvalue weighted by molar-refractivity contribution is 5.89. The van der Waals surface area contributed by atoms with E-state index in [-0.39, 0.29) is 5.56 Å². The molecule has 26 heavy (non-hydrogen) atoms. The van der Waals surface area contributed by atoms with Gasteiger partial charge in [0.1, 0.15) is 12.1 Å². The standard InChI is InChI=1S/C19H15N5O2/c25-19(26)14-6-8-15(9-7-14)23-17-16-10-22-24(18(16)21-12-20-17)11-13-4-2-1-3-5-13/h1-10,12H,11H2,(H,25,26)(H,20,21,23)/p-1. The second-order valence-electron chi connectivity index (χ2n) is 5.74. The molecule has 4 rings (SSSR count). The van der Waals surface area contributed by atoms with Crippen LogP contribution in [0, 0.1) is 0 Å². The summed E-state index contributed by atoms with van der Waals surface area (Å²) in [5, 5.41) is 19.2. The van der Waals surface area contributed by atoms with Crippen LogP contribution in [-0.2, 0) is 6.54 Å². The topological polar surface area (TPSA) is 95.8 Å². The fourth-order valence-corrected chi connectivity index (χ4v) is 2.69. The molecule has 2 aromatic heterocycles. The van der Waals surface area contributed by atoms with Gasteiger partial charge in [-0.1, -0.05) is 42.5 Å². The van der Waals surface area contributed by atoms with Crippen molar-refractivity contribution < 1.29 is 9.90 Å². The molecule has 0 atom stereocenters. The molecule has 0 bridgehead atoms. The van der Waals surface area contributed by atoms with Crippen molar-refractivity contribution in [2.24, 2.45) is 0 Å². The van der Waals surface area contributed by atoms with Gasteiger partial charge in [-0.3, -0.25) is 0 Å². The third-order valence-electron chi connectivity index (χ3n) is 3.99. The molecule has 0 spiro atoms. The summed E-state index contributed by atoms with van der Waals surface area (Å²) in [5.41, 5.74) is 2.69. The van der Waals surface area contributed by atoms with Crippen LogP contribution in [0.25, 0.3) is 11.0 Å². The minimum atomic E-state index is -1.21. The number of hydrogen-bond acceptors (Lipinski definition) is 6. The van der Waals surface area contributed by atoms with Gasteiger partial charge in [0.15, 0.2) is 5.65 Å². The van der Waals surface area contributed by atoms with Crippen LogP contribution >= 0.6 is 0 Å². The van der Waals surface area contributed by atoms with Crippen molar-refractivity contribution >= 4 is 28.5 Å². The number of fused-ring (bicyclic) bond motifs is 1. The van der Waals surface area contributed by atoms with Crippen LogP contribution in [0.15, 0.2) is 67.1 Å². The molecular weight excluding hydrogens is 330 g/mol. The molecule has 0 aliphatic carbocycles. The van der Waals surface area contributed by atoms with Crippen LogP contribution in [0.4, 0.5) is 11.5 Å². The number of nitrogens with zero attached hydrogens (tertiary/aromatic N) is 4. The van der Waals surface area contributed by atoms with Crippen LogP contribution < -0.4 is 10.4 Å². The van der Waals surface area contributed by atoms with Crippen molar-refractivity contribution in [3.63, 3.8) is 0 Å². The number of hydrogen-bond donors (Lipinski definition) is 1. The van der Waals surface area contributed by atoms with Crippen molar-refractivity contribution in [1.82, 2.24) is 19.7 Å². The zero-order valence-electron chi connectivity index (χ0n) is 13.7. The van der Waals surface area contributed by atoms with Gasteiger partial charge in [-0.15, -0.1) is 0 Å². The maximum atomic E-state index is 10.8. The number of carbonyl (C=O) groups is 1. The Morgan fingerprint density at radius 1 is 1.04 bits per heavy atom. The first-order valence-corrected chi connectivity index (χ1v) is 7.99. The first-order chi connectivity index (χ1) is 12.7. The molecule has 1 N–H and O–H groups in total. The number of carbonyl (C=O) groups excluding carboxylic acids is 1. The monoisotopic (exact) mass is 344 g/mol. The van der Waals surface area contributed by atoms with Gasteiger partial charge in [-0.2, -0.15) is 5.10 Å². The van der Waals surface area contributed by atoms with Crippen LogP contribution in [0.5, 0.6) is 0 Å².